The van der Waals surface area contributed by atoms with Crippen molar-refractivity contribution in [2.75, 3.05) is 20.1 Å². The number of fused-ring (bicyclic) bond motifs is 5. The molecular formula is C33H53N2O3Tl. The van der Waals surface area contributed by atoms with Crippen molar-refractivity contribution in [1.29, 1.82) is 0 Å². The first-order chi connectivity index (χ1) is 18.6. The summed E-state index contributed by atoms with van der Waals surface area (Å²) >= 11 is -2.02. The van der Waals surface area contributed by atoms with Gasteiger partial charge in [-0.05, 0) is 0 Å². The Kier molecular flexibility index (Phi) is 8.09. The molecule has 5 nitrogen and oxygen atoms in total. The fourth-order valence-electron chi connectivity index (χ4n) is 10.6. The van der Waals surface area contributed by atoms with E-state index in [1.165, 1.54) is 32.1 Å². The molecule has 6 heteroatoms. The normalized spacial score (nSPS) is 39.4. The molecule has 0 aromatic rings. The van der Waals surface area contributed by atoms with Crippen LogP contribution in [0.15, 0.2) is 11.6 Å². The summed E-state index contributed by atoms with van der Waals surface area (Å²) in [6.07, 6.45) is 16.9. The molecule has 0 spiro atoms. The standard InChI is InChI=1S/C18H28O.C15H25N2O2.Tl/c1-4-15-12(2)5-8-17-16(15)7-6-13-11-14(19)9-10-18(13,17)3;1-3-4-5-14(18)16(2)13-8-10-17(11-9-13)15(19)12-6-7-12;/h6,14-17,19H,1,4-5,7-11H2,2-3H3;3,12-13H,4-11H2,1-2H3;. The van der Waals surface area contributed by atoms with Gasteiger partial charge in [-0.2, -0.15) is 0 Å². The van der Waals surface area contributed by atoms with E-state index in [1.54, 1.807) is 9.55 Å². The van der Waals surface area contributed by atoms with E-state index < -0.39 is 22.7 Å². The van der Waals surface area contributed by atoms with Gasteiger partial charge in [0.25, 0.3) is 0 Å². The molecule has 6 aliphatic rings. The van der Waals surface area contributed by atoms with E-state index in [2.05, 4.69) is 31.7 Å². The van der Waals surface area contributed by atoms with Gasteiger partial charge in [0.15, 0.2) is 0 Å². The number of carbonyl (C=O) groups is 2. The van der Waals surface area contributed by atoms with E-state index in [4.69, 9.17) is 0 Å². The van der Waals surface area contributed by atoms with Crippen molar-refractivity contribution in [1.82, 2.24) is 9.80 Å². The second-order valence-electron chi connectivity index (χ2n) is 15.2. The van der Waals surface area contributed by atoms with Crippen LogP contribution >= 0.6 is 0 Å². The Labute approximate surface area is 245 Å². The summed E-state index contributed by atoms with van der Waals surface area (Å²) in [5.74, 6) is 3.59. The predicted molar refractivity (Wildman–Crippen MR) is 158 cm³/mol. The Bertz CT molecular complexity index is 987. The summed E-state index contributed by atoms with van der Waals surface area (Å²) in [5.41, 5.74) is 1.92. The Balaban J connectivity index is 1.03. The first-order valence-corrected chi connectivity index (χ1v) is 24.5. The van der Waals surface area contributed by atoms with Crippen LogP contribution in [0.2, 0.25) is 10.4 Å². The molecule has 0 aromatic carbocycles. The fraction of sp³-hybridized carbons (Fsp3) is 0.879. The van der Waals surface area contributed by atoms with Gasteiger partial charge in [0.1, 0.15) is 0 Å². The summed E-state index contributed by atoms with van der Waals surface area (Å²) in [6, 6.07) is 0.302. The van der Waals surface area contributed by atoms with E-state index in [0.29, 0.717) is 38.6 Å². The van der Waals surface area contributed by atoms with Crippen molar-refractivity contribution in [3.8, 4) is 0 Å². The van der Waals surface area contributed by atoms with Crippen LogP contribution in [-0.4, -0.2) is 81.7 Å². The average Bonchev–Trinajstić information content (AvgIpc) is 3.72. The number of amides is 2. The molecule has 6 rings (SSSR count). The summed E-state index contributed by atoms with van der Waals surface area (Å²) in [7, 11) is 2.02. The van der Waals surface area contributed by atoms with Crippen molar-refractivity contribution in [3.05, 3.63) is 11.6 Å². The molecule has 7 atom stereocenters. The molecule has 2 saturated heterocycles. The van der Waals surface area contributed by atoms with Crippen LogP contribution in [0.25, 0.3) is 0 Å². The van der Waals surface area contributed by atoms with Crippen LogP contribution in [0.4, 0.5) is 0 Å². The van der Waals surface area contributed by atoms with Crippen molar-refractivity contribution in [2.45, 2.75) is 127 Å². The topological polar surface area (TPSA) is 60.9 Å². The number of rotatable bonds is 6. The van der Waals surface area contributed by atoms with Gasteiger partial charge in [0.2, 0.25) is 0 Å². The Hall–Kier alpha value is -0.438. The monoisotopic (exact) mass is 730 g/mol. The molecule has 216 valence electrons. The van der Waals surface area contributed by atoms with Gasteiger partial charge >= 0.3 is 247 Å². The third kappa shape index (κ3) is 5.20. The molecule has 5 fully saturated rings. The Morgan fingerprint density at radius 3 is 2.54 bits per heavy atom. The van der Waals surface area contributed by atoms with E-state index in [9.17, 15) is 14.7 Å². The minimum absolute atomic E-state index is 0.116. The number of nitrogens with zero attached hydrogens (tertiary/aromatic N) is 2. The van der Waals surface area contributed by atoms with Gasteiger partial charge < -0.3 is 0 Å². The quantitative estimate of drug-likeness (QED) is 0.262. The summed E-state index contributed by atoms with van der Waals surface area (Å²) in [4.78, 5) is 29.8. The Morgan fingerprint density at radius 2 is 1.82 bits per heavy atom. The molecule has 2 amide bonds. The third-order valence-electron chi connectivity index (χ3n) is 13.3. The zero-order valence-corrected chi connectivity index (χ0v) is 29.7. The fourth-order valence-corrected chi connectivity index (χ4v) is 31.3. The number of carbonyl (C=O) groups excluding carboxylic acids is 2. The second-order valence-corrected chi connectivity index (χ2v) is 31.7. The number of piperidine rings is 1. The SMILES string of the molecule is C[C@H](CCC(=O)N(C)C1CCN(C(=O)C2CC2)CC1)[Tl]1[CH2]CC2C3CC=C4CC(O)CCC4(C)C3CC[C]21C. The molecule has 2 aliphatic heterocycles. The van der Waals surface area contributed by atoms with Gasteiger partial charge in [-0.25, -0.2) is 0 Å². The maximum absolute atomic E-state index is 13.3. The zero-order valence-electron chi connectivity index (χ0n) is 25.2. The van der Waals surface area contributed by atoms with Crippen LogP contribution in [-0.2, 0) is 9.59 Å². The van der Waals surface area contributed by atoms with Gasteiger partial charge in [-0.1, -0.05) is 0 Å². The summed E-state index contributed by atoms with van der Waals surface area (Å²) in [5, 5.41) is 10.3. The number of likely N-dealkylation sites (tertiary alicyclic amines) is 1. The second kappa shape index (κ2) is 11.0. The number of aliphatic hydroxyl groups is 1. The molecule has 3 saturated carbocycles. The van der Waals surface area contributed by atoms with Crippen molar-refractivity contribution < 1.29 is 14.7 Å². The van der Waals surface area contributed by atoms with Crippen LogP contribution in [0.3, 0.4) is 0 Å². The van der Waals surface area contributed by atoms with Gasteiger partial charge in [-0.3, -0.25) is 0 Å². The van der Waals surface area contributed by atoms with Crippen LogP contribution in [0.5, 0.6) is 0 Å². The van der Waals surface area contributed by atoms with Crippen molar-refractivity contribution in [3.63, 3.8) is 0 Å². The number of hydrogen-bond acceptors (Lipinski definition) is 3. The van der Waals surface area contributed by atoms with Gasteiger partial charge in [-0.15, -0.1) is 0 Å². The van der Waals surface area contributed by atoms with Crippen LogP contribution in [0.1, 0.15) is 104 Å². The first-order valence-electron chi connectivity index (χ1n) is 16.5. The molecule has 6 unspecified atom stereocenters. The third-order valence-corrected chi connectivity index (χ3v) is 33.0. The van der Waals surface area contributed by atoms with Gasteiger partial charge in [0, 0.05) is 0 Å². The predicted octanol–water partition coefficient (Wildman–Crippen LogP) is 6.20. The Morgan fingerprint density at radius 1 is 1.08 bits per heavy atom. The molecule has 2 heterocycles. The molecule has 4 aliphatic carbocycles. The molecular weight excluding hydrogens is 677 g/mol. The van der Waals surface area contributed by atoms with E-state index in [-0.39, 0.29) is 6.10 Å². The zero-order chi connectivity index (χ0) is 27.5. The van der Waals surface area contributed by atoms with E-state index >= 15 is 0 Å². The maximum atomic E-state index is 13.3. The van der Waals surface area contributed by atoms with E-state index in [1.807, 2.05) is 11.9 Å². The first kappa shape index (κ1) is 28.7. The number of allylic oxidation sites excluding steroid dienone is 1. The summed E-state index contributed by atoms with van der Waals surface area (Å²) in [6.45, 7) is 9.43. The van der Waals surface area contributed by atoms with Crippen molar-refractivity contribution in [2.24, 2.45) is 29.1 Å². The average molecular weight is 730 g/mol. The summed E-state index contributed by atoms with van der Waals surface area (Å²) < 4.78 is 2.99. The molecule has 0 bridgehead atoms. The molecule has 1 N–H and O–H groups in total. The number of aliphatic hydroxyl groups excluding tert-OH is 1. The van der Waals surface area contributed by atoms with Gasteiger partial charge in [0.05, 0.1) is 0 Å². The van der Waals surface area contributed by atoms with Crippen LogP contribution < -0.4 is 0 Å². The minimum atomic E-state index is -2.02. The van der Waals surface area contributed by atoms with E-state index in [0.717, 1.165) is 79.3 Å². The van der Waals surface area contributed by atoms with Crippen LogP contribution in [0, 0.1) is 29.1 Å². The molecule has 39 heavy (non-hydrogen) atoms. The number of hydrogen-bond donors (Lipinski definition) is 1. The van der Waals surface area contributed by atoms with Crippen molar-refractivity contribution >= 4 is 34.5 Å². The molecule has 0 aromatic heterocycles. The molecule has 0 radical (unpaired) electrons.